The second kappa shape index (κ2) is 12.1. The van der Waals surface area contributed by atoms with E-state index < -0.39 is 11.3 Å². The Morgan fingerprint density at radius 3 is 2.56 bits per heavy atom. The van der Waals surface area contributed by atoms with Crippen LogP contribution in [0.25, 0.3) is 0 Å². The van der Waals surface area contributed by atoms with Crippen molar-refractivity contribution in [2.75, 3.05) is 37.6 Å². The van der Waals surface area contributed by atoms with Crippen LogP contribution in [0.5, 0.6) is 0 Å². The highest BCUT2D eigenvalue weighted by atomic mass is 35.5. The van der Waals surface area contributed by atoms with Crippen molar-refractivity contribution >= 4 is 35.0 Å². The van der Waals surface area contributed by atoms with Crippen LogP contribution in [0, 0.1) is 24.1 Å². The van der Waals surface area contributed by atoms with Crippen molar-refractivity contribution in [3.63, 3.8) is 0 Å². The van der Waals surface area contributed by atoms with Gasteiger partial charge in [0.2, 0.25) is 5.91 Å². The maximum atomic E-state index is 14.1. The highest BCUT2D eigenvalue weighted by Crippen LogP contribution is 2.47. The van der Waals surface area contributed by atoms with Crippen LogP contribution in [0.1, 0.15) is 84.8 Å². The third-order valence-corrected chi connectivity index (χ3v) is 9.79. The number of benzene rings is 1. The summed E-state index contributed by atoms with van der Waals surface area (Å²) in [5, 5.41) is 0.237. The van der Waals surface area contributed by atoms with E-state index in [1.165, 1.54) is 12.4 Å². The smallest absolute Gasteiger partial charge is 0.273 e. The van der Waals surface area contributed by atoms with E-state index in [4.69, 9.17) is 17.3 Å². The molecule has 1 aliphatic carbocycles. The molecule has 1 aromatic heterocycles. The van der Waals surface area contributed by atoms with E-state index in [1.807, 2.05) is 4.90 Å². The van der Waals surface area contributed by atoms with E-state index in [0.717, 1.165) is 45.3 Å². The number of hydrogen-bond acceptors (Lipinski definition) is 5. The van der Waals surface area contributed by atoms with Gasteiger partial charge in [-0.3, -0.25) is 14.4 Å². The molecule has 1 aromatic carbocycles. The minimum Gasteiger partial charge on any atom is -0.364 e. The molecule has 1 saturated carbocycles. The van der Waals surface area contributed by atoms with Gasteiger partial charge >= 0.3 is 0 Å². The number of imidazole rings is 1. The maximum absolute atomic E-state index is 14.1. The fourth-order valence-corrected chi connectivity index (χ4v) is 7.10. The molecule has 9 nitrogen and oxygen atoms in total. The van der Waals surface area contributed by atoms with Gasteiger partial charge in [-0.1, -0.05) is 18.5 Å². The van der Waals surface area contributed by atoms with Gasteiger partial charge in [-0.05, 0) is 95.0 Å². The number of nitrogens with zero attached hydrogens (tertiary/aromatic N) is 4. The number of aromatic amines is 1. The fraction of sp³-hybridized carbons (Fsp3) is 0.600. The Hall–Kier alpha value is -2.98. The molecule has 222 valence electrons. The first-order valence-corrected chi connectivity index (χ1v) is 15.1. The number of likely N-dealkylation sites (tertiary alicyclic amines) is 1. The van der Waals surface area contributed by atoms with Gasteiger partial charge in [-0.2, -0.15) is 0 Å². The molecule has 3 fully saturated rings. The van der Waals surface area contributed by atoms with Gasteiger partial charge in [0.05, 0.1) is 17.0 Å². The Labute approximate surface area is 245 Å². The molecule has 0 atom stereocenters. The molecular weight excluding hydrogens is 547 g/mol. The minimum atomic E-state index is -0.746. The Morgan fingerprint density at radius 2 is 1.88 bits per heavy atom. The molecule has 0 unspecified atom stereocenters. The molecule has 2 saturated heterocycles. The summed E-state index contributed by atoms with van der Waals surface area (Å²) >= 11 is 6.39. The lowest BCUT2D eigenvalue weighted by molar-refractivity contribution is -0.133. The first-order chi connectivity index (χ1) is 19.6. The van der Waals surface area contributed by atoms with Crippen LogP contribution >= 0.6 is 11.6 Å². The molecule has 2 aliphatic heterocycles. The first-order valence-electron chi connectivity index (χ1n) is 14.7. The van der Waals surface area contributed by atoms with Crippen LogP contribution in [0.2, 0.25) is 5.02 Å². The Bertz CT molecular complexity index is 1300. The van der Waals surface area contributed by atoms with E-state index in [9.17, 15) is 18.8 Å². The van der Waals surface area contributed by atoms with Crippen LogP contribution in [0.4, 0.5) is 10.1 Å². The van der Waals surface area contributed by atoms with E-state index in [-0.39, 0.29) is 40.1 Å². The number of primary amides is 1. The van der Waals surface area contributed by atoms with Crippen LogP contribution in [-0.4, -0.2) is 76.3 Å². The third kappa shape index (κ3) is 6.00. The van der Waals surface area contributed by atoms with Crippen LogP contribution < -0.4 is 10.6 Å². The number of aryl methyl sites for hydroxylation is 1. The number of anilines is 1. The van der Waals surface area contributed by atoms with Gasteiger partial charge in [-0.25, -0.2) is 9.37 Å². The van der Waals surface area contributed by atoms with Gasteiger partial charge in [0.25, 0.3) is 11.8 Å². The number of carbonyl (C=O) groups is 3. The topological polar surface area (TPSA) is 116 Å². The zero-order valence-electron chi connectivity index (χ0n) is 23.9. The average Bonchev–Trinajstić information content (AvgIpc) is 3.45. The zero-order valence-corrected chi connectivity index (χ0v) is 24.7. The summed E-state index contributed by atoms with van der Waals surface area (Å²) in [7, 11) is 0. The van der Waals surface area contributed by atoms with Crippen molar-refractivity contribution in [3.05, 3.63) is 46.3 Å². The summed E-state index contributed by atoms with van der Waals surface area (Å²) in [5.74, 6) is -0.681. The number of piperidine rings is 2. The summed E-state index contributed by atoms with van der Waals surface area (Å²) in [5.41, 5.74) is 6.04. The largest absolute Gasteiger partial charge is 0.364 e. The average molecular weight is 587 g/mol. The highest BCUT2D eigenvalue weighted by Gasteiger charge is 2.48. The lowest BCUT2D eigenvalue weighted by atomic mass is 9.67. The first kappa shape index (κ1) is 29.5. The van der Waals surface area contributed by atoms with Gasteiger partial charge in [0.1, 0.15) is 11.5 Å². The minimum absolute atomic E-state index is 0.0278. The van der Waals surface area contributed by atoms with Crippen LogP contribution in [0.15, 0.2) is 18.5 Å². The van der Waals surface area contributed by atoms with Crippen molar-refractivity contribution in [3.8, 4) is 0 Å². The molecule has 3 aliphatic rings. The van der Waals surface area contributed by atoms with E-state index in [2.05, 4.69) is 21.8 Å². The summed E-state index contributed by atoms with van der Waals surface area (Å²) in [6.07, 6.45) is 7.82. The predicted molar refractivity (Wildman–Crippen MR) is 155 cm³/mol. The number of amides is 3. The van der Waals surface area contributed by atoms with Gasteiger partial charge in [-0.15, -0.1) is 0 Å². The normalized spacial score (nSPS) is 24.1. The fourth-order valence-electron chi connectivity index (χ4n) is 6.85. The van der Waals surface area contributed by atoms with E-state index in [1.54, 1.807) is 17.9 Å². The quantitative estimate of drug-likeness (QED) is 0.494. The summed E-state index contributed by atoms with van der Waals surface area (Å²) < 4.78 is 14.1. The molecule has 11 heteroatoms. The number of nitrogens with two attached hydrogens (primary N) is 1. The van der Waals surface area contributed by atoms with Crippen LogP contribution in [-0.2, 0) is 4.79 Å². The molecule has 3 N–H and O–H groups in total. The molecule has 5 rings (SSSR count). The molecule has 41 heavy (non-hydrogen) atoms. The Morgan fingerprint density at radius 1 is 1.17 bits per heavy atom. The summed E-state index contributed by atoms with van der Waals surface area (Å²) in [6.45, 7) is 7.76. The number of carbonyl (C=O) groups excluding carboxylic acids is 3. The number of aromatic nitrogens is 2. The Kier molecular flexibility index (Phi) is 8.70. The second-order valence-electron chi connectivity index (χ2n) is 12.1. The van der Waals surface area contributed by atoms with Crippen molar-refractivity contribution in [1.82, 2.24) is 19.8 Å². The molecule has 0 bridgehead atoms. The predicted octanol–water partition coefficient (Wildman–Crippen LogP) is 4.54. The van der Waals surface area contributed by atoms with Crippen LogP contribution in [0.3, 0.4) is 0 Å². The van der Waals surface area contributed by atoms with Crippen molar-refractivity contribution in [2.24, 2.45) is 17.1 Å². The molecule has 3 amide bonds. The molecule has 1 spiro atoms. The van der Waals surface area contributed by atoms with Crippen molar-refractivity contribution < 1.29 is 18.8 Å². The van der Waals surface area contributed by atoms with Gasteiger partial charge < -0.3 is 25.4 Å². The van der Waals surface area contributed by atoms with Gasteiger partial charge in [0.15, 0.2) is 5.69 Å². The Balaban J connectivity index is 1.33. The summed E-state index contributed by atoms with van der Waals surface area (Å²) in [6, 6.07) is 2.85. The number of H-pyrrole nitrogens is 1. The lowest BCUT2D eigenvalue weighted by Gasteiger charge is -2.47. The van der Waals surface area contributed by atoms with E-state index in [0.29, 0.717) is 55.9 Å². The number of halogens is 2. The third-order valence-electron chi connectivity index (χ3n) is 9.49. The monoisotopic (exact) mass is 586 g/mol. The molecule has 2 aromatic rings. The van der Waals surface area contributed by atoms with E-state index >= 15 is 0 Å². The SMILES string of the molecule is Cc1cc(N2CCCC3(CCC(N(CCN4CCC(C)CC4)C(=O)c4[nH]cnc4C(N)=O)CC3)C2=O)c(Cl)cc1F. The number of nitrogens with one attached hydrogen (secondary N) is 1. The second-order valence-corrected chi connectivity index (χ2v) is 12.5. The van der Waals surface area contributed by atoms with Crippen molar-refractivity contribution in [2.45, 2.75) is 71.3 Å². The lowest BCUT2D eigenvalue weighted by Crippen LogP contribution is -2.54. The standard InChI is InChI=1S/C30H40ClFN6O3/c1-19-6-12-36(13-7-19)14-15-37(28(40)26-25(27(33)39)34-18-35-26)21-4-9-30(10-5-21)8-3-11-38(29(30)41)24-16-20(2)23(32)17-22(24)31/h16-19,21H,3-15H2,1-2H3,(H2,33,39)(H,34,35). The number of hydrogen-bond donors (Lipinski definition) is 2. The molecular formula is C30H40ClFN6O3. The molecule has 3 heterocycles. The molecule has 0 radical (unpaired) electrons. The van der Waals surface area contributed by atoms with Crippen molar-refractivity contribution in [1.29, 1.82) is 0 Å². The number of rotatable bonds is 7. The highest BCUT2D eigenvalue weighted by molar-refractivity contribution is 6.34. The van der Waals surface area contributed by atoms with Gasteiger partial charge in [0, 0.05) is 31.1 Å². The zero-order chi connectivity index (χ0) is 29.3. The summed E-state index contributed by atoms with van der Waals surface area (Å²) in [4.78, 5) is 52.5. The maximum Gasteiger partial charge on any atom is 0.273 e.